The highest BCUT2D eigenvalue weighted by molar-refractivity contribution is 6.29. The first-order chi connectivity index (χ1) is 6.44. The Hall–Kier alpha value is -1.16. The summed E-state index contributed by atoms with van der Waals surface area (Å²) in [5, 5.41) is 7.95. The lowest BCUT2D eigenvalue weighted by molar-refractivity contribution is -0.121. The van der Waals surface area contributed by atoms with Gasteiger partial charge in [-0.2, -0.15) is 0 Å². The van der Waals surface area contributed by atoms with Crippen LogP contribution in [0.3, 0.4) is 0 Å². The number of aromatic nitrogens is 2. The van der Waals surface area contributed by atoms with Gasteiger partial charge < -0.3 is 0 Å². The van der Waals surface area contributed by atoms with Crippen molar-refractivity contribution in [3.63, 3.8) is 0 Å². The van der Waals surface area contributed by atoms with E-state index in [4.69, 9.17) is 11.6 Å². The summed E-state index contributed by atoms with van der Waals surface area (Å²) in [4.78, 5) is 13.3. The Balaban J connectivity index is 2.69. The fourth-order valence-electron chi connectivity index (χ4n) is 1.70. The second-order valence-electron chi connectivity index (χ2n) is 3.89. The Bertz CT molecular complexity index is 417. The van der Waals surface area contributed by atoms with Crippen molar-refractivity contribution < 1.29 is 4.79 Å². The van der Waals surface area contributed by atoms with Crippen LogP contribution in [0.5, 0.6) is 0 Å². The van der Waals surface area contributed by atoms with Crippen LogP contribution in [-0.4, -0.2) is 23.2 Å². The zero-order valence-electron chi connectivity index (χ0n) is 8.21. The summed E-state index contributed by atoms with van der Waals surface area (Å²) >= 11 is 5.74. The van der Waals surface area contributed by atoms with E-state index in [1.165, 1.54) is 4.90 Å². The maximum Gasteiger partial charge on any atom is 0.238 e. The summed E-state index contributed by atoms with van der Waals surface area (Å²) in [6.07, 6.45) is 0. The third-order valence-corrected chi connectivity index (χ3v) is 2.76. The minimum atomic E-state index is -0.552. The second-order valence-corrected chi connectivity index (χ2v) is 4.28. The average molecular weight is 212 g/mol. The van der Waals surface area contributed by atoms with Crippen LogP contribution in [0.1, 0.15) is 19.4 Å². The SMILES string of the molecule is CN1C(=O)C(C)(C)c2cc(Cl)nnc21. The summed E-state index contributed by atoms with van der Waals surface area (Å²) in [6, 6.07) is 1.70. The summed E-state index contributed by atoms with van der Waals surface area (Å²) in [5.74, 6) is 0.619. The molecule has 0 aliphatic carbocycles. The van der Waals surface area contributed by atoms with E-state index in [1.54, 1.807) is 13.1 Å². The third-order valence-electron chi connectivity index (χ3n) is 2.57. The van der Waals surface area contributed by atoms with Gasteiger partial charge in [0.2, 0.25) is 5.91 Å². The van der Waals surface area contributed by atoms with Crippen LogP contribution in [0.15, 0.2) is 6.07 Å². The Morgan fingerprint density at radius 2 is 2.07 bits per heavy atom. The molecular formula is C9H10ClN3O. The van der Waals surface area contributed by atoms with Gasteiger partial charge in [0.05, 0.1) is 5.41 Å². The van der Waals surface area contributed by atoms with Gasteiger partial charge in [0.15, 0.2) is 11.0 Å². The van der Waals surface area contributed by atoms with Crippen LogP contribution in [0.2, 0.25) is 5.15 Å². The number of hydrogen-bond acceptors (Lipinski definition) is 3. The second kappa shape index (κ2) is 2.67. The lowest BCUT2D eigenvalue weighted by Crippen LogP contribution is -2.33. The normalized spacial score (nSPS) is 18.6. The van der Waals surface area contributed by atoms with E-state index in [-0.39, 0.29) is 5.91 Å². The van der Waals surface area contributed by atoms with Crippen molar-refractivity contribution in [1.82, 2.24) is 10.2 Å². The number of carbonyl (C=O) groups is 1. The molecule has 1 amide bonds. The molecule has 4 nitrogen and oxygen atoms in total. The molecule has 14 heavy (non-hydrogen) atoms. The smallest absolute Gasteiger partial charge is 0.238 e. The third kappa shape index (κ3) is 1.04. The number of likely N-dealkylation sites (N-methyl/N-ethyl adjacent to an activating group) is 1. The monoisotopic (exact) mass is 211 g/mol. The van der Waals surface area contributed by atoms with Crippen LogP contribution in [0.4, 0.5) is 5.82 Å². The molecule has 0 spiro atoms. The predicted molar refractivity (Wildman–Crippen MR) is 53.5 cm³/mol. The van der Waals surface area contributed by atoms with E-state index < -0.39 is 5.41 Å². The molecule has 0 aromatic carbocycles. The lowest BCUT2D eigenvalue weighted by Gasteiger charge is -2.15. The van der Waals surface area contributed by atoms with E-state index >= 15 is 0 Å². The van der Waals surface area contributed by atoms with Crippen molar-refractivity contribution in [2.75, 3.05) is 11.9 Å². The minimum absolute atomic E-state index is 0.0177. The van der Waals surface area contributed by atoms with Gasteiger partial charge in [-0.05, 0) is 19.9 Å². The highest BCUT2D eigenvalue weighted by atomic mass is 35.5. The van der Waals surface area contributed by atoms with Gasteiger partial charge in [-0.25, -0.2) is 0 Å². The standard InChI is InChI=1S/C9H10ClN3O/c1-9(2)5-4-6(10)11-12-7(5)13(3)8(9)14/h4H,1-3H3. The maximum atomic E-state index is 11.8. The molecule has 0 atom stereocenters. The Morgan fingerprint density at radius 3 is 2.71 bits per heavy atom. The highest BCUT2D eigenvalue weighted by Gasteiger charge is 2.43. The number of hydrogen-bond donors (Lipinski definition) is 0. The summed E-state index contributed by atoms with van der Waals surface area (Å²) in [5.41, 5.74) is 0.286. The van der Waals surface area contributed by atoms with Gasteiger partial charge in [-0.3, -0.25) is 9.69 Å². The summed E-state index contributed by atoms with van der Waals surface area (Å²) in [7, 11) is 1.69. The van der Waals surface area contributed by atoms with Gasteiger partial charge in [-0.15, -0.1) is 10.2 Å². The lowest BCUT2D eigenvalue weighted by atomic mass is 9.87. The molecule has 2 rings (SSSR count). The van der Waals surface area contributed by atoms with Gasteiger partial charge in [0, 0.05) is 12.6 Å². The Kier molecular flexibility index (Phi) is 1.79. The molecule has 1 aromatic rings. The van der Waals surface area contributed by atoms with Gasteiger partial charge in [0.25, 0.3) is 0 Å². The van der Waals surface area contributed by atoms with Gasteiger partial charge in [-0.1, -0.05) is 11.6 Å². The fourth-order valence-corrected chi connectivity index (χ4v) is 1.85. The molecule has 0 radical (unpaired) electrons. The van der Waals surface area contributed by atoms with Gasteiger partial charge >= 0.3 is 0 Å². The molecule has 5 heteroatoms. The number of nitrogens with zero attached hydrogens (tertiary/aromatic N) is 3. The molecule has 0 fully saturated rings. The zero-order valence-corrected chi connectivity index (χ0v) is 8.96. The first kappa shape index (κ1) is 9.40. The van der Waals surface area contributed by atoms with E-state index in [0.29, 0.717) is 11.0 Å². The number of rotatable bonds is 0. The van der Waals surface area contributed by atoms with Crippen LogP contribution < -0.4 is 4.90 Å². The van der Waals surface area contributed by atoms with Crippen LogP contribution in [-0.2, 0) is 10.2 Å². The van der Waals surface area contributed by atoms with E-state index in [1.807, 2.05) is 13.8 Å². The molecule has 0 unspecified atom stereocenters. The van der Waals surface area contributed by atoms with Crippen molar-refractivity contribution in [3.8, 4) is 0 Å². The molecular weight excluding hydrogens is 202 g/mol. The van der Waals surface area contributed by atoms with Gasteiger partial charge in [0.1, 0.15) is 0 Å². The molecule has 0 saturated carbocycles. The predicted octanol–water partition coefficient (Wildman–Crippen LogP) is 1.38. The quantitative estimate of drug-likeness (QED) is 0.652. The Morgan fingerprint density at radius 1 is 1.43 bits per heavy atom. The van der Waals surface area contributed by atoms with E-state index in [0.717, 1.165) is 5.56 Å². The first-order valence-corrected chi connectivity index (χ1v) is 4.64. The average Bonchev–Trinajstić information content (AvgIpc) is 2.29. The van der Waals surface area contributed by atoms with Crippen molar-refractivity contribution in [1.29, 1.82) is 0 Å². The molecule has 1 aliphatic heterocycles. The molecule has 2 heterocycles. The molecule has 1 aliphatic rings. The summed E-state index contributed by atoms with van der Waals surface area (Å²) in [6.45, 7) is 3.71. The van der Waals surface area contributed by atoms with E-state index in [2.05, 4.69) is 10.2 Å². The van der Waals surface area contributed by atoms with Crippen LogP contribution in [0.25, 0.3) is 0 Å². The molecule has 1 aromatic heterocycles. The van der Waals surface area contributed by atoms with E-state index in [9.17, 15) is 4.79 Å². The number of anilines is 1. The first-order valence-electron chi connectivity index (χ1n) is 4.26. The molecule has 74 valence electrons. The number of halogens is 1. The van der Waals surface area contributed by atoms with Crippen LogP contribution in [0, 0.1) is 0 Å². The van der Waals surface area contributed by atoms with Crippen molar-refractivity contribution in [3.05, 3.63) is 16.8 Å². The molecule has 0 bridgehead atoms. The topological polar surface area (TPSA) is 46.1 Å². The largest absolute Gasteiger partial charge is 0.297 e. The number of fused-ring (bicyclic) bond motifs is 1. The maximum absolute atomic E-state index is 11.8. The molecule has 0 N–H and O–H groups in total. The minimum Gasteiger partial charge on any atom is -0.297 e. The van der Waals surface area contributed by atoms with Crippen molar-refractivity contribution >= 4 is 23.3 Å². The van der Waals surface area contributed by atoms with Crippen molar-refractivity contribution in [2.24, 2.45) is 0 Å². The number of amides is 1. The zero-order chi connectivity index (χ0) is 10.5. The van der Waals surface area contributed by atoms with Crippen LogP contribution >= 0.6 is 11.6 Å². The Labute approximate surface area is 86.9 Å². The molecule has 0 saturated heterocycles. The van der Waals surface area contributed by atoms with Crippen molar-refractivity contribution in [2.45, 2.75) is 19.3 Å². The number of carbonyl (C=O) groups excluding carboxylic acids is 1. The fraction of sp³-hybridized carbons (Fsp3) is 0.444. The summed E-state index contributed by atoms with van der Waals surface area (Å²) < 4.78 is 0. The highest BCUT2D eigenvalue weighted by Crippen LogP contribution is 2.39.